The zero-order chi connectivity index (χ0) is 11.2. The molecule has 0 unspecified atom stereocenters. The molecule has 0 aromatic rings. The first kappa shape index (κ1) is 11.5. The first-order chi connectivity index (χ1) is 7.84. The minimum Gasteiger partial charge on any atom is -0.498 e. The van der Waals surface area contributed by atoms with Crippen molar-refractivity contribution in [1.82, 2.24) is 0 Å². The van der Waals surface area contributed by atoms with E-state index in [4.69, 9.17) is 9.47 Å². The number of aliphatic hydroxyl groups is 1. The highest BCUT2D eigenvalue weighted by Gasteiger charge is 2.15. The smallest absolute Gasteiger partial charge is 0.0945 e. The van der Waals surface area contributed by atoms with Gasteiger partial charge in [-0.1, -0.05) is 0 Å². The quantitative estimate of drug-likeness (QED) is 0.797. The van der Waals surface area contributed by atoms with Gasteiger partial charge in [0.15, 0.2) is 0 Å². The van der Waals surface area contributed by atoms with Crippen LogP contribution in [0, 0.1) is 0 Å². The molecule has 90 valence electrons. The van der Waals surface area contributed by atoms with Crippen LogP contribution in [0.5, 0.6) is 0 Å². The van der Waals surface area contributed by atoms with Gasteiger partial charge in [-0.25, -0.2) is 0 Å². The number of ether oxygens (including phenoxy) is 2. The van der Waals surface area contributed by atoms with Crippen LogP contribution in [-0.2, 0) is 9.47 Å². The lowest BCUT2D eigenvalue weighted by molar-refractivity contribution is 0.0987. The average Bonchev–Trinajstić information content (AvgIpc) is 2.31. The van der Waals surface area contributed by atoms with Gasteiger partial charge in [0.1, 0.15) is 0 Å². The summed E-state index contributed by atoms with van der Waals surface area (Å²) in [6, 6.07) is 0. The van der Waals surface area contributed by atoms with Crippen LogP contribution in [0.1, 0.15) is 38.5 Å². The Kier molecular flexibility index (Phi) is 4.28. The fourth-order valence-electron chi connectivity index (χ4n) is 2.04. The van der Waals surface area contributed by atoms with Crippen LogP contribution in [0.2, 0.25) is 0 Å². The van der Waals surface area contributed by atoms with E-state index in [1.807, 2.05) is 0 Å². The minimum atomic E-state index is -0.381. The second-order valence-electron chi connectivity index (χ2n) is 4.38. The predicted octanol–water partition coefficient (Wildman–Crippen LogP) is 2.52. The van der Waals surface area contributed by atoms with E-state index in [2.05, 4.69) is 12.2 Å². The SMILES string of the molecule is OC(CC1=CCCCO1)CC1=CCCCO1. The Morgan fingerprint density at radius 3 is 1.88 bits per heavy atom. The Hall–Kier alpha value is -0.960. The van der Waals surface area contributed by atoms with Crippen molar-refractivity contribution in [2.45, 2.75) is 44.6 Å². The van der Waals surface area contributed by atoms with E-state index >= 15 is 0 Å². The maximum Gasteiger partial charge on any atom is 0.0945 e. The van der Waals surface area contributed by atoms with Crippen molar-refractivity contribution in [3.05, 3.63) is 23.7 Å². The zero-order valence-electron chi connectivity index (χ0n) is 9.65. The van der Waals surface area contributed by atoms with Crippen molar-refractivity contribution in [1.29, 1.82) is 0 Å². The number of allylic oxidation sites excluding steroid dienone is 2. The maximum atomic E-state index is 9.91. The first-order valence-corrected chi connectivity index (χ1v) is 6.16. The predicted molar refractivity (Wildman–Crippen MR) is 61.8 cm³/mol. The van der Waals surface area contributed by atoms with E-state index in [-0.39, 0.29) is 6.10 Å². The number of rotatable bonds is 4. The van der Waals surface area contributed by atoms with Gasteiger partial charge in [-0.3, -0.25) is 0 Å². The van der Waals surface area contributed by atoms with Gasteiger partial charge in [0.25, 0.3) is 0 Å². The maximum absolute atomic E-state index is 9.91. The topological polar surface area (TPSA) is 38.7 Å². The highest BCUT2D eigenvalue weighted by molar-refractivity contribution is 5.02. The summed E-state index contributed by atoms with van der Waals surface area (Å²) in [5, 5.41) is 9.91. The molecular weight excluding hydrogens is 204 g/mol. The first-order valence-electron chi connectivity index (χ1n) is 6.16. The van der Waals surface area contributed by atoms with E-state index < -0.39 is 0 Å². The molecule has 2 aliphatic heterocycles. The normalized spacial score (nSPS) is 20.9. The van der Waals surface area contributed by atoms with Crippen LogP contribution in [0.25, 0.3) is 0 Å². The van der Waals surface area contributed by atoms with Gasteiger partial charge in [-0.05, 0) is 37.8 Å². The van der Waals surface area contributed by atoms with Crippen LogP contribution < -0.4 is 0 Å². The summed E-state index contributed by atoms with van der Waals surface area (Å²) in [6.45, 7) is 1.58. The summed E-state index contributed by atoms with van der Waals surface area (Å²) >= 11 is 0. The monoisotopic (exact) mass is 224 g/mol. The third-order valence-electron chi connectivity index (χ3n) is 2.89. The molecule has 3 heteroatoms. The molecule has 0 aliphatic carbocycles. The molecule has 0 saturated heterocycles. The lowest BCUT2D eigenvalue weighted by Crippen LogP contribution is -2.14. The molecule has 0 aromatic heterocycles. The van der Waals surface area contributed by atoms with Gasteiger partial charge in [0, 0.05) is 12.8 Å². The van der Waals surface area contributed by atoms with Gasteiger partial charge in [-0.15, -0.1) is 0 Å². The molecule has 16 heavy (non-hydrogen) atoms. The van der Waals surface area contributed by atoms with Crippen molar-refractivity contribution in [3.63, 3.8) is 0 Å². The van der Waals surface area contributed by atoms with Gasteiger partial charge in [0.2, 0.25) is 0 Å². The van der Waals surface area contributed by atoms with Crippen molar-refractivity contribution >= 4 is 0 Å². The van der Waals surface area contributed by atoms with E-state index in [0.29, 0.717) is 12.8 Å². The highest BCUT2D eigenvalue weighted by atomic mass is 16.5. The molecule has 0 aromatic carbocycles. The number of aliphatic hydroxyl groups excluding tert-OH is 1. The van der Waals surface area contributed by atoms with Gasteiger partial charge in [0.05, 0.1) is 30.8 Å². The van der Waals surface area contributed by atoms with Crippen LogP contribution in [0.15, 0.2) is 23.7 Å². The summed E-state index contributed by atoms with van der Waals surface area (Å²) < 4.78 is 11.0. The van der Waals surface area contributed by atoms with Crippen LogP contribution in [-0.4, -0.2) is 24.4 Å². The Morgan fingerprint density at radius 1 is 1.00 bits per heavy atom. The lowest BCUT2D eigenvalue weighted by atomic mass is 10.1. The zero-order valence-corrected chi connectivity index (χ0v) is 9.65. The van der Waals surface area contributed by atoms with Crippen LogP contribution in [0.4, 0.5) is 0 Å². The van der Waals surface area contributed by atoms with E-state index in [9.17, 15) is 5.11 Å². The molecule has 1 N–H and O–H groups in total. The van der Waals surface area contributed by atoms with Crippen LogP contribution in [0.3, 0.4) is 0 Å². The van der Waals surface area contributed by atoms with Crippen LogP contribution >= 0.6 is 0 Å². The molecule has 2 rings (SSSR count). The Bertz CT molecular complexity index is 253. The number of hydrogen-bond donors (Lipinski definition) is 1. The molecule has 0 spiro atoms. The fraction of sp³-hybridized carbons (Fsp3) is 0.692. The minimum absolute atomic E-state index is 0.381. The summed E-state index contributed by atoms with van der Waals surface area (Å²) in [6.07, 6.45) is 9.34. The van der Waals surface area contributed by atoms with E-state index in [0.717, 1.165) is 50.4 Å². The van der Waals surface area contributed by atoms with E-state index in [1.54, 1.807) is 0 Å². The molecule has 0 atom stereocenters. The molecule has 0 bridgehead atoms. The summed E-state index contributed by atoms with van der Waals surface area (Å²) in [5.74, 6) is 1.88. The summed E-state index contributed by atoms with van der Waals surface area (Å²) in [5.41, 5.74) is 0. The molecule has 0 fully saturated rings. The van der Waals surface area contributed by atoms with Gasteiger partial charge >= 0.3 is 0 Å². The molecular formula is C13H20O3. The second-order valence-corrected chi connectivity index (χ2v) is 4.38. The van der Waals surface area contributed by atoms with Gasteiger partial charge < -0.3 is 14.6 Å². The van der Waals surface area contributed by atoms with Crippen molar-refractivity contribution in [2.24, 2.45) is 0 Å². The molecule has 0 saturated carbocycles. The fourth-order valence-corrected chi connectivity index (χ4v) is 2.04. The van der Waals surface area contributed by atoms with Gasteiger partial charge in [-0.2, -0.15) is 0 Å². The standard InChI is InChI=1S/C13H20O3/c14-11(9-12-5-1-3-7-15-12)10-13-6-2-4-8-16-13/h5-6,11,14H,1-4,7-10H2. The molecule has 2 aliphatic rings. The lowest BCUT2D eigenvalue weighted by Gasteiger charge is -2.20. The number of hydrogen-bond acceptors (Lipinski definition) is 3. The average molecular weight is 224 g/mol. The molecule has 0 radical (unpaired) electrons. The molecule has 3 nitrogen and oxygen atoms in total. The summed E-state index contributed by atoms with van der Waals surface area (Å²) in [4.78, 5) is 0. The third kappa shape index (κ3) is 3.56. The summed E-state index contributed by atoms with van der Waals surface area (Å²) in [7, 11) is 0. The molecule has 0 amide bonds. The van der Waals surface area contributed by atoms with Crippen molar-refractivity contribution in [2.75, 3.05) is 13.2 Å². The highest BCUT2D eigenvalue weighted by Crippen LogP contribution is 2.21. The largest absolute Gasteiger partial charge is 0.498 e. The molecule has 2 heterocycles. The van der Waals surface area contributed by atoms with Crippen molar-refractivity contribution < 1.29 is 14.6 Å². The third-order valence-corrected chi connectivity index (χ3v) is 2.89. The Morgan fingerprint density at radius 2 is 1.50 bits per heavy atom. The second kappa shape index (κ2) is 5.94. The Balaban J connectivity index is 1.76. The van der Waals surface area contributed by atoms with Crippen molar-refractivity contribution in [3.8, 4) is 0 Å². The van der Waals surface area contributed by atoms with E-state index in [1.165, 1.54) is 0 Å². The Labute approximate surface area is 96.7 Å².